The molecule has 7 heteroatoms. The molecular formula is C17H18ClNO3S2. The maximum absolute atomic E-state index is 12.5. The van der Waals surface area contributed by atoms with Crippen LogP contribution in [0.2, 0.25) is 5.02 Å². The van der Waals surface area contributed by atoms with Gasteiger partial charge in [-0.2, -0.15) is 0 Å². The zero-order valence-corrected chi connectivity index (χ0v) is 15.6. The quantitative estimate of drug-likeness (QED) is 0.758. The van der Waals surface area contributed by atoms with Crippen molar-refractivity contribution in [1.29, 1.82) is 0 Å². The molecule has 0 spiro atoms. The van der Waals surface area contributed by atoms with Crippen LogP contribution in [0.4, 0.5) is 0 Å². The molecule has 1 aromatic carbocycles. The van der Waals surface area contributed by atoms with E-state index < -0.39 is 9.84 Å². The molecule has 0 radical (unpaired) electrons. The lowest BCUT2D eigenvalue weighted by Gasteiger charge is -2.25. The summed E-state index contributed by atoms with van der Waals surface area (Å²) < 4.78 is 24.3. The zero-order chi connectivity index (χ0) is 17.3. The Labute approximate surface area is 150 Å². The van der Waals surface area contributed by atoms with Gasteiger partial charge in [0.15, 0.2) is 9.84 Å². The predicted molar refractivity (Wildman–Crippen MR) is 100 cm³/mol. The topological polar surface area (TPSA) is 54.5 Å². The summed E-state index contributed by atoms with van der Waals surface area (Å²) in [6.45, 7) is 2.35. The molecule has 1 unspecified atom stereocenters. The molecule has 0 bridgehead atoms. The Bertz CT molecular complexity index is 902. The fourth-order valence-corrected chi connectivity index (χ4v) is 6.13. The number of sulfone groups is 1. The number of hydrogen-bond acceptors (Lipinski definition) is 4. The molecule has 128 valence electrons. The number of thiophene rings is 1. The van der Waals surface area contributed by atoms with E-state index in [-0.39, 0.29) is 23.5 Å². The number of hydrogen-bond donors (Lipinski definition) is 0. The van der Waals surface area contributed by atoms with Crippen molar-refractivity contribution in [2.75, 3.05) is 18.1 Å². The summed E-state index contributed by atoms with van der Waals surface area (Å²) in [6, 6.07) is 7.60. The molecule has 0 saturated carbocycles. The number of rotatable bonds is 4. The van der Waals surface area contributed by atoms with Crippen LogP contribution in [-0.2, 0) is 14.6 Å². The highest BCUT2D eigenvalue weighted by atomic mass is 35.5. The number of nitrogens with zero attached hydrogens (tertiary/aromatic N) is 1. The van der Waals surface area contributed by atoms with Gasteiger partial charge in [0.1, 0.15) is 0 Å². The Kier molecular flexibility index (Phi) is 4.99. The molecule has 1 aliphatic heterocycles. The van der Waals surface area contributed by atoms with E-state index in [1.165, 1.54) is 17.4 Å². The molecule has 3 rings (SSSR count). The number of halogens is 1. The van der Waals surface area contributed by atoms with E-state index in [1.54, 1.807) is 11.0 Å². The van der Waals surface area contributed by atoms with Crippen LogP contribution in [-0.4, -0.2) is 43.3 Å². The van der Waals surface area contributed by atoms with Crippen LogP contribution in [0, 0.1) is 0 Å². The number of carbonyl (C=O) groups excluding carboxylic acids is 1. The van der Waals surface area contributed by atoms with Gasteiger partial charge in [0.05, 0.1) is 16.5 Å². The molecule has 24 heavy (non-hydrogen) atoms. The van der Waals surface area contributed by atoms with Crippen LogP contribution in [0.25, 0.3) is 16.2 Å². The van der Waals surface area contributed by atoms with Gasteiger partial charge in [0.2, 0.25) is 5.91 Å². The number of likely N-dealkylation sites (N-methyl/N-ethyl adjacent to an activating group) is 1. The van der Waals surface area contributed by atoms with E-state index >= 15 is 0 Å². The second-order valence-electron chi connectivity index (χ2n) is 5.79. The normalized spacial score (nSPS) is 20.0. The SMILES string of the molecule is CCN(C(=O)/C=C/c1sc2ccccc2c1Cl)C1CCS(=O)(=O)C1. The van der Waals surface area contributed by atoms with Gasteiger partial charge in [-0.15, -0.1) is 11.3 Å². The Morgan fingerprint density at radius 3 is 2.79 bits per heavy atom. The Hall–Kier alpha value is -1.37. The lowest BCUT2D eigenvalue weighted by molar-refractivity contribution is -0.127. The number of benzene rings is 1. The molecule has 4 nitrogen and oxygen atoms in total. The van der Waals surface area contributed by atoms with E-state index in [4.69, 9.17) is 11.6 Å². The van der Waals surface area contributed by atoms with Crippen molar-refractivity contribution in [1.82, 2.24) is 4.90 Å². The van der Waals surface area contributed by atoms with Gasteiger partial charge in [0, 0.05) is 33.6 Å². The Morgan fingerprint density at radius 2 is 2.17 bits per heavy atom. The van der Waals surface area contributed by atoms with E-state index in [2.05, 4.69) is 0 Å². The zero-order valence-electron chi connectivity index (χ0n) is 13.2. The van der Waals surface area contributed by atoms with Crippen LogP contribution in [0.3, 0.4) is 0 Å². The molecule has 1 aliphatic rings. The average molecular weight is 384 g/mol. The minimum absolute atomic E-state index is 0.0596. The van der Waals surface area contributed by atoms with Crippen LogP contribution in [0.1, 0.15) is 18.2 Å². The third-order valence-electron chi connectivity index (χ3n) is 4.21. The van der Waals surface area contributed by atoms with Crippen LogP contribution in [0.5, 0.6) is 0 Å². The summed E-state index contributed by atoms with van der Waals surface area (Å²) in [5, 5.41) is 1.62. The van der Waals surface area contributed by atoms with E-state index in [0.29, 0.717) is 18.0 Å². The molecule has 0 N–H and O–H groups in total. The molecule has 1 amide bonds. The molecule has 2 aromatic rings. The summed E-state index contributed by atoms with van der Waals surface area (Å²) in [6.07, 6.45) is 3.73. The number of amides is 1. The van der Waals surface area contributed by atoms with Gasteiger partial charge in [-0.3, -0.25) is 4.79 Å². The van der Waals surface area contributed by atoms with E-state index in [9.17, 15) is 13.2 Å². The maximum atomic E-state index is 12.5. The smallest absolute Gasteiger partial charge is 0.246 e. The van der Waals surface area contributed by atoms with Crippen molar-refractivity contribution in [2.24, 2.45) is 0 Å². The van der Waals surface area contributed by atoms with Crippen molar-refractivity contribution in [2.45, 2.75) is 19.4 Å². The van der Waals surface area contributed by atoms with Gasteiger partial charge >= 0.3 is 0 Å². The first-order valence-electron chi connectivity index (χ1n) is 7.77. The highest BCUT2D eigenvalue weighted by molar-refractivity contribution is 7.91. The summed E-state index contributed by atoms with van der Waals surface area (Å²) >= 11 is 7.91. The van der Waals surface area contributed by atoms with Crippen molar-refractivity contribution < 1.29 is 13.2 Å². The average Bonchev–Trinajstić information content (AvgIpc) is 3.06. The van der Waals surface area contributed by atoms with Gasteiger partial charge in [-0.05, 0) is 25.5 Å². The van der Waals surface area contributed by atoms with Crippen molar-refractivity contribution >= 4 is 54.8 Å². The van der Waals surface area contributed by atoms with Gasteiger partial charge in [-0.25, -0.2) is 8.42 Å². The number of fused-ring (bicyclic) bond motifs is 1. The molecule has 2 heterocycles. The van der Waals surface area contributed by atoms with Gasteiger partial charge < -0.3 is 4.90 Å². The van der Waals surface area contributed by atoms with Crippen LogP contribution in [0.15, 0.2) is 30.3 Å². The van der Waals surface area contributed by atoms with Crippen molar-refractivity contribution in [3.8, 4) is 0 Å². The Morgan fingerprint density at radius 1 is 1.42 bits per heavy atom. The monoisotopic (exact) mass is 383 g/mol. The third-order valence-corrected chi connectivity index (χ3v) is 7.62. The fraction of sp³-hybridized carbons (Fsp3) is 0.353. The van der Waals surface area contributed by atoms with E-state index in [1.807, 2.05) is 31.2 Å². The third kappa shape index (κ3) is 3.50. The lowest BCUT2D eigenvalue weighted by atomic mass is 10.2. The highest BCUT2D eigenvalue weighted by Crippen LogP contribution is 2.36. The molecule has 1 saturated heterocycles. The molecule has 0 aliphatic carbocycles. The molecular weight excluding hydrogens is 366 g/mol. The first kappa shape index (κ1) is 17.5. The largest absolute Gasteiger partial charge is 0.335 e. The summed E-state index contributed by atoms with van der Waals surface area (Å²) in [5.41, 5.74) is 0. The first-order chi connectivity index (χ1) is 11.4. The minimum Gasteiger partial charge on any atom is -0.335 e. The van der Waals surface area contributed by atoms with Crippen LogP contribution >= 0.6 is 22.9 Å². The second-order valence-corrected chi connectivity index (χ2v) is 9.48. The minimum atomic E-state index is -3.01. The molecule has 1 aromatic heterocycles. The van der Waals surface area contributed by atoms with Crippen LogP contribution < -0.4 is 0 Å². The summed E-state index contributed by atoms with van der Waals surface area (Å²) in [4.78, 5) is 14.9. The van der Waals surface area contributed by atoms with Crippen molar-refractivity contribution in [3.63, 3.8) is 0 Å². The van der Waals surface area contributed by atoms with Gasteiger partial charge in [-0.1, -0.05) is 29.8 Å². The second kappa shape index (κ2) is 6.86. The van der Waals surface area contributed by atoms with E-state index in [0.717, 1.165) is 15.0 Å². The first-order valence-corrected chi connectivity index (χ1v) is 10.8. The highest BCUT2D eigenvalue weighted by Gasteiger charge is 2.33. The molecule has 1 atom stereocenters. The van der Waals surface area contributed by atoms with Gasteiger partial charge in [0.25, 0.3) is 0 Å². The van der Waals surface area contributed by atoms with Crippen molar-refractivity contribution in [3.05, 3.63) is 40.2 Å². The summed E-state index contributed by atoms with van der Waals surface area (Å²) in [5.74, 6) is 0.0466. The number of carbonyl (C=O) groups is 1. The summed E-state index contributed by atoms with van der Waals surface area (Å²) in [7, 11) is -3.01. The fourth-order valence-electron chi connectivity index (χ4n) is 3.00. The maximum Gasteiger partial charge on any atom is 0.246 e. The standard InChI is InChI=1S/C17H18ClNO3S2/c1-2-19(12-9-10-24(21,22)11-12)16(20)8-7-15-17(18)13-5-3-4-6-14(13)23-15/h3-8,12H,2,9-11H2,1H3/b8-7+. The Balaban J connectivity index is 1.79. The molecule has 1 fully saturated rings. The predicted octanol–water partition coefficient (Wildman–Crippen LogP) is 3.60. The lowest BCUT2D eigenvalue weighted by Crippen LogP contribution is -2.39.